The molecule has 0 aliphatic carbocycles. The Bertz CT molecular complexity index is 572. The molecule has 0 bridgehead atoms. The number of aryl methyl sites for hydroxylation is 2. The molecule has 0 fully saturated rings. The third-order valence-corrected chi connectivity index (χ3v) is 3.15. The summed E-state index contributed by atoms with van der Waals surface area (Å²) < 4.78 is 15.1. The second-order valence-electron chi connectivity index (χ2n) is 4.38. The fourth-order valence-electron chi connectivity index (χ4n) is 2.22. The van der Waals surface area contributed by atoms with Gasteiger partial charge in [0.2, 0.25) is 0 Å². The smallest absolute Gasteiger partial charge is 0.166 e. The van der Waals surface area contributed by atoms with Gasteiger partial charge in [0.15, 0.2) is 6.29 Å². The topological polar surface area (TPSA) is 22.0 Å². The molecule has 1 heterocycles. The van der Waals surface area contributed by atoms with E-state index in [0.29, 0.717) is 12.2 Å². The van der Waals surface area contributed by atoms with Crippen molar-refractivity contribution in [2.24, 2.45) is 0 Å². The van der Waals surface area contributed by atoms with Crippen molar-refractivity contribution in [3.8, 4) is 0 Å². The summed E-state index contributed by atoms with van der Waals surface area (Å²) in [4.78, 5) is 11.2. The summed E-state index contributed by atoms with van der Waals surface area (Å²) in [7, 11) is 0. The molecule has 2 aromatic rings. The summed E-state index contributed by atoms with van der Waals surface area (Å²) in [6, 6.07) is 8.49. The fourth-order valence-corrected chi connectivity index (χ4v) is 2.22. The molecule has 0 spiro atoms. The van der Waals surface area contributed by atoms with E-state index in [-0.39, 0.29) is 5.82 Å². The summed E-state index contributed by atoms with van der Waals surface area (Å²) in [6.07, 6.45) is 1.70. The number of aldehydes is 1. The molecule has 2 nitrogen and oxygen atoms in total. The maximum Gasteiger partial charge on any atom is 0.166 e. The van der Waals surface area contributed by atoms with Crippen LogP contribution in [0.4, 0.5) is 4.39 Å². The maximum atomic E-state index is 13.1. The highest BCUT2D eigenvalue weighted by atomic mass is 19.1. The Morgan fingerprint density at radius 3 is 2.72 bits per heavy atom. The Labute approximate surface area is 106 Å². The van der Waals surface area contributed by atoms with E-state index in [4.69, 9.17) is 0 Å². The predicted octanol–water partition coefficient (Wildman–Crippen LogP) is 3.36. The van der Waals surface area contributed by atoms with Gasteiger partial charge in [0.1, 0.15) is 5.82 Å². The lowest BCUT2D eigenvalue weighted by Gasteiger charge is -2.09. The van der Waals surface area contributed by atoms with Gasteiger partial charge in [0, 0.05) is 12.2 Å². The Morgan fingerprint density at radius 1 is 1.33 bits per heavy atom. The Kier molecular flexibility index (Phi) is 3.60. The highest BCUT2D eigenvalue weighted by molar-refractivity contribution is 5.75. The van der Waals surface area contributed by atoms with Crippen molar-refractivity contribution < 1.29 is 9.18 Å². The largest absolute Gasteiger partial charge is 0.338 e. The number of hydrogen-bond donors (Lipinski definition) is 0. The summed E-state index contributed by atoms with van der Waals surface area (Å²) in [6.45, 7) is 4.51. The number of rotatable bonds is 4. The molecule has 0 unspecified atom stereocenters. The molecule has 1 aromatic carbocycles. The molecule has 0 N–H and O–H groups in total. The van der Waals surface area contributed by atoms with Crippen LogP contribution in [0.1, 0.15) is 34.2 Å². The summed E-state index contributed by atoms with van der Waals surface area (Å²) in [5.74, 6) is -0.249. The lowest BCUT2D eigenvalue weighted by Crippen LogP contribution is -2.06. The molecule has 0 aliphatic heterocycles. The Balaban J connectivity index is 2.39. The van der Waals surface area contributed by atoms with Gasteiger partial charge in [0.25, 0.3) is 0 Å². The van der Waals surface area contributed by atoms with E-state index in [9.17, 15) is 9.18 Å². The van der Waals surface area contributed by atoms with Crippen molar-refractivity contribution in [1.82, 2.24) is 4.57 Å². The van der Waals surface area contributed by atoms with E-state index in [1.807, 2.05) is 30.5 Å². The zero-order chi connectivity index (χ0) is 13.1. The molecule has 1 aromatic heterocycles. The minimum atomic E-state index is -0.249. The highest BCUT2D eigenvalue weighted by Crippen LogP contribution is 2.17. The van der Waals surface area contributed by atoms with Crippen molar-refractivity contribution >= 4 is 6.29 Å². The molecule has 0 saturated heterocycles. The van der Waals surface area contributed by atoms with Crippen LogP contribution in [0.15, 0.2) is 30.3 Å². The molecule has 3 heteroatoms. The molecule has 18 heavy (non-hydrogen) atoms. The second kappa shape index (κ2) is 5.17. The first-order chi connectivity index (χ1) is 8.65. The average molecular weight is 245 g/mol. The van der Waals surface area contributed by atoms with E-state index in [0.717, 1.165) is 29.5 Å². The van der Waals surface area contributed by atoms with Gasteiger partial charge in [-0.15, -0.1) is 0 Å². The third kappa shape index (κ3) is 2.35. The van der Waals surface area contributed by atoms with Crippen molar-refractivity contribution in [3.05, 3.63) is 58.7 Å². The number of aromatic nitrogens is 1. The molecule has 0 aliphatic rings. The van der Waals surface area contributed by atoms with Crippen LogP contribution in [0, 0.1) is 12.7 Å². The predicted molar refractivity (Wildman–Crippen MR) is 69.4 cm³/mol. The monoisotopic (exact) mass is 245 g/mol. The van der Waals surface area contributed by atoms with E-state index in [1.165, 1.54) is 12.1 Å². The van der Waals surface area contributed by atoms with Crippen LogP contribution in [-0.4, -0.2) is 10.9 Å². The summed E-state index contributed by atoms with van der Waals surface area (Å²) in [5.41, 5.74) is 3.62. The summed E-state index contributed by atoms with van der Waals surface area (Å²) in [5, 5.41) is 0. The van der Waals surface area contributed by atoms with Crippen molar-refractivity contribution in [2.45, 2.75) is 26.8 Å². The Morgan fingerprint density at radius 2 is 2.11 bits per heavy atom. The number of carbonyl (C=O) groups excluding carboxylic acids is 1. The van der Waals surface area contributed by atoms with Crippen molar-refractivity contribution in [1.29, 1.82) is 0 Å². The number of nitrogens with zero attached hydrogens (tertiary/aromatic N) is 1. The lowest BCUT2D eigenvalue weighted by atomic mass is 10.2. The van der Waals surface area contributed by atoms with Crippen molar-refractivity contribution in [3.63, 3.8) is 0 Å². The van der Waals surface area contributed by atoms with Crippen molar-refractivity contribution in [2.75, 3.05) is 0 Å². The van der Waals surface area contributed by atoms with E-state index in [2.05, 4.69) is 0 Å². The molecular formula is C15H16FNO. The number of carbonyl (C=O) groups is 1. The fraction of sp³-hybridized carbons (Fsp3) is 0.267. The second-order valence-corrected chi connectivity index (χ2v) is 4.38. The molecule has 94 valence electrons. The molecule has 2 rings (SSSR count). The van der Waals surface area contributed by atoms with Crippen LogP contribution in [-0.2, 0) is 13.0 Å². The van der Waals surface area contributed by atoms with Gasteiger partial charge in [-0.05, 0) is 42.7 Å². The standard InChI is InChI=1S/C15H16FNO/c1-3-13-7-11(2)17(15(13)10-18)9-12-5-4-6-14(16)8-12/h4-8,10H,3,9H2,1-2H3. The number of benzene rings is 1. The van der Waals surface area contributed by atoms with E-state index in [1.54, 1.807) is 6.07 Å². The SMILES string of the molecule is CCc1cc(C)n(Cc2cccc(F)c2)c1C=O. The van der Waals surface area contributed by atoms with E-state index >= 15 is 0 Å². The Hall–Kier alpha value is -1.90. The molecule has 0 amide bonds. The number of halogens is 1. The van der Waals surface area contributed by atoms with Gasteiger partial charge >= 0.3 is 0 Å². The first-order valence-electron chi connectivity index (χ1n) is 6.04. The van der Waals surface area contributed by atoms with Crippen LogP contribution in [0.2, 0.25) is 0 Å². The van der Waals surface area contributed by atoms with Gasteiger partial charge in [0.05, 0.1) is 5.69 Å². The summed E-state index contributed by atoms with van der Waals surface area (Å²) >= 11 is 0. The lowest BCUT2D eigenvalue weighted by molar-refractivity contribution is 0.111. The van der Waals surface area contributed by atoms with Crippen LogP contribution in [0.5, 0.6) is 0 Å². The van der Waals surface area contributed by atoms with Gasteiger partial charge in [-0.1, -0.05) is 19.1 Å². The molecular weight excluding hydrogens is 229 g/mol. The van der Waals surface area contributed by atoms with Gasteiger partial charge in [-0.3, -0.25) is 4.79 Å². The molecule has 0 atom stereocenters. The quantitative estimate of drug-likeness (QED) is 0.757. The number of hydrogen-bond acceptors (Lipinski definition) is 1. The van der Waals surface area contributed by atoms with Crippen LogP contribution in [0.25, 0.3) is 0 Å². The third-order valence-electron chi connectivity index (χ3n) is 3.15. The van der Waals surface area contributed by atoms with Gasteiger partial charge in [-0.25, -0.2) is 4.39 Å². The average Bonchev–Trinajstić information content (AvgIpc) is 2.66. The maximum absolute atomic E-state index is 13.1. The van der Waals surface area contributed by atoms with Crippen LogP contribution >= 0.6 is 0 Å². The zero-order valence-corrected chi connectivity index (χ0v) is 10.6. The minimum Gasteiger partial charge on any atom is -0.338 e. The van der Waals surface area contributed by atoms with Crippen LogP contribution < -0.4 is 0 Å². The first kappa shape index (κ1) is 12.6. The normalized spacial score (nSPS) is 10.6. The van der Waals surface area contributed by atoms with Gasteiger partial charge in [-0.2, -0.15) is 0 Å². The van der Waals surface area contributed by atoms with E-state index < -0.39 is 0 Å². The molecule has 0 saturated carbocycles. The van der Waals surface area contributed by atoms with Crippen LogP contribution in [0.3, 0.4) is 0 Å². The first-order valence-corrected chi connectivity index (χ1v) is 6.04. The zero-order valence-electron chi connectivity index (χ0n) is 10.6. The minimum absolute atomic E-state index is 0.249. The van der Waals surface area contributed by atoms with Gasteiger partial charge < -0.3 is 4.57 Å². The molecule has 0 radical (unpaired) electrons. The highest BCUT2D eigenvalue weighted by Gasteiger charge is 2.11.